The lowest BCUT2D eigenvalue weighted by Gasteiger charge is -2.26. The van der Waals surface area contributed by atoms with Gasteiger partial charge in [0.2, 0.25) is 0 Å². The molecule has 2 fully saturated rings. The van der Waals surface area contributed by atoms with Gasteiger partial charge in [0.1, 0.15) is 0 Å². The lowest BCUT2D eigenvalue weighted by Crippen LogP contribution is -2.40. The normalized spacial score (nSPS) is 18.2. The van der Waals surface area contributed by atoms with Crippen LogP contribution in [0.4, 0.5) is 0 Å². The van der Waals surface area contributed by atoms with E-state index in [-0.39, 0.29) is 5.91 Å². The average molecular weight is 326 g/mol. The average Bonchev–Trinajstić information content (AvgIpc) is 3.39. The molecule has 2 aromatic rings. The van der Waals surface area contributed by atoms with Crippen LogP contribution in [0, 0.1) is 5.92 Å². The second kappa shape index (κ2) is 6.98. The lowest BCUT2D eigenvalue weighted by molar-refractivity contribution is 0.0304. The van der Waals surface area contributed by atoms with Crippen molar-refractivity contribution in [2.45, 2.75) is 38.6 Å². The third-order valence-corrected chi connectivity index (χ3v) is 5.28. The van der Waals surface area contributed by atoms with Crippen LogP contribution in [-0.2, 0) is 11.3 Å². The van der Waals surface area contributed by atoms with E-state index >= 15 is 0 Å². The lowest BCUT2D eigenvalue weighted by atomic mass is 10.1. The molecule has 0 unspecified atom stereocenters. The molecule has 0 spiro atoms. The highest BCUT2D eigenvalue weighted by atomic mass is 16.5. The minimum Gasteiger partial charge on any atom is -0.378 e. The Morgan fingerprint density at radius 1 is 1.12 bits per heavy atom. The number of fused-ring (bicyclic) bond motifs is 1. The predicted octanol–water partition coefficient (Wildman–Crippen LogP) is 3.69. The highest BCUT2D eigenvalue weighted by Gasteiger charge is 2.23. The van der Waals surface area contributed by atoms with Gasteiger partial charge in [-0.3, -0.25) is 4.79 Å². The number of amides is 1. The molecule has 4 nitrogen and oxygen atoms in total. The summed E-state index contributed by atoms with van der Waals surface area (Å²) in [4.78, 5) is 14.8. The van der Waals surface area contributed by atoms with E-state index < -0.39 is 0 Å². The van der Waals surface area contributed by atoms with Crippen LogP contribution in [0.25, 0.3) is 10.9 Å². The quantitative estimate of drug-likeness (QED) is 0.759. The van der Waals surface area contributed by atoms with Crippen LogP contribution in [0.3, 0.4) is 0 Å². The molecule has 128 valence electrons. The van der Waals surface area contributed by atoms with Gasteiger partial charge in [0.25, 0.3) is 5.91 Å². The zero-order valence-corrected chi connectivity index (χ0v) is 14.2. The second-order valence-electron chi connectivity index (χ2n) is 7.10. The molecule has 0 N–H and O–H groups in total. The third-order valence-electron chi connectivity index (χ3n) is 5.28. The molecule has 1 aliphatic heterocycles. The van der Waals surface area contributed by atoms with Crippen molar-refractivity contribution in [2.75, 3.05) is 26.3 Å². The van der Waals surface area contributed by atoms with Crippen LogP contribution >= 0.6 is 0 Å². The van der Waals surface area contributed by atoms with E-state index in [0.29, 0.717) is 26.3 Å². The Hall–Kier alpha value is -1.81. The van der Waals surface area contributed by atoms with Gasteiger partial charge in [0, 0.05) is 36.7 Å². The summed E-state index contributed by atoms with van der Waals surface area (Å²) in [6.07, 6.45) is 8.80. The number of para-hydroxylation sites is 1. The first-order chi connectivity index (χ1) is 11.8. The molecule has 2 aliphatic rings. The number of carbonyl (C=O) groups is 1. The summed E-state index contributed by atoms with van der Waals surface area (Å²) in [6, 6.07) is 8.29. The highest BCUT2D eigenvalue weighted by molar-refractivity contribution is 6.07. The van der Waals surface area contributed by atoms with Crippen LogP contribution in [0.5, 0.6) is 0 Å². The molecule has 0 bridgehead atoms. The first kappa shape index (κ1) is 15.7. The molecule has 1 aromatic heterocycles. The minimum absolute atomic E-state index is 0.145. The zero-order valence-electron chi connectivity index (χ0n) is 14.2. The van der Waals surface area contributed by atoms with Crippen molar-refractivity contribution < 1.29 is 9.53 Å². The summed E-state index contributed by atoms with van der Waals surface area (Å²) >= 11 is 0. The Morgan fingerprint density at radius 3 is 2.71 bits per heavy atom. The summed E-state index contributed by atoms with van der Waals surface area (Å²) < 4.78 is 7.64. The first-order valence-electron chi connectivity index (χ1n) is 9.28. The van der Waals surface area contributed by atoms with E-state index in [1.165, 1.54) is 37.6 Å². The molecule has 1 aromatic carbocycles. The van der Waals surface area contributed by atoms with Gasteiger partial charge < -0.3 is 14.2 Å². The Balaban J connectivity index is 1.52. The third kappa shape index (κ3) is 3.34. The fourth-order valence-corrected chi connectivity index (χ4v) is 3.66. The largest absolute Gasteiger partial charge is 0.378 e. The topological polar surface area (TPSA) is 34.5 Å². The number of hydrogen-bond donors (Lipinski definition) is 0. The van der Waals surface area contributed by atoms with Crippen molar-refractivity contribution in [1.29, 1.82) is 0 Å². The van der Waals surface area contributed by atoms with E-state index in [0.717, 1.165) is 23.4 Å². The summed E-state index contributed by atoms with van der Waals surface area (Å²) in [6.45, 7) is 3.68. The van der Waals surface area contributed by atoms with E-state index in [1.807, 2.05) is 11.0 Å². The van der Waals surface area contributed by atoms with Crippen LogP contribution < -0.4 is 0 Å². The number of unbranched alkanes of at least 4 members (excludes halogenated alkanes) is 1. The van der Waals surface area contributed by atoms with Gasteiger partial charge in [-0.05, 0) is 18.4 Å². The number of carbonyl (C=O) groups excluding carboxylic acids is 1. The molecule has 24 heavy (non-hydrogen) atoms. The smallest absolute Gasteiger partial charge is 0.256 e. The summed E-state index contributed by atoms with van der Waals surface area (Å²) in [5, 5.41) is 1.08. The number of morpholine rings is 1. The van der Waals surface area contributed by atoms with Crippen LogP contribution in [0.15, 0.2) is 30.5 Å². The van der Waals surface area contributed by atoms with E-state index in [2.05, 4.69) is 29.0 Å². The molecule has 4 rings (SSSR count). The molecule has 0 radical (unpaired) electrons. The minimum atomic E-state index is 0.145. The maximum atomic E-state index is 12.9. The monoisotopic (exact) mass is 326 g/mol. The van der Waals surface area contributed by atoms with Crippen molar-refractivity contribution in [3.05, 3.63) is 36.0 Å². The Kier molecular flexibility index (Phi) is 4.56. The first-order valence-corrected chi connectivity index (χ1v) is 9.28. The van der Waals surface area contributed by atoms with Crippen LogP contribution in [-0.4, -0.2) is 41.7 Å². The molecule has 2 heterocycles. The fraction of sp³-hybridized carbons (Fsp3) is 0.550. The van der Waals surface area contributed by atoms with Crippen molar-refractivity contribution >= 4 is 16.8 Å². The number of aromatic nitrogens is 1. The van der Waals surface area contributed by atoms with Gasteiger partial charge in [-0.1, -0.05) is 43.9 Å². The van der Waals surface area contributed by atoms with Gasteiger partial charge in [0.05, 0.1) is 18.8 Å². The molecule has 1 saturated heterocycles. The second-order valence-corrected chi connectivity index (χ2v) is 7.10. The molecular weight excluding hydrogens is 300 g/mol. The van der Waals surface area contributed by atoms with Crippen molar-refractivity contribution in [3.63, 3.8) is 0 Å². The predicted molar refractivity (Wildman–Crippen MR) is 95.2 cm³/mol. The maximum Gasteiger partial charge on any atom is 0.256 e. The number of aryl methyl sites for hydroxylation is 1. The molecule has 1 amide bonds. The number of ether oxygens (including phenoxy) is 1. The van der Waals surface area contributed by atoms with Gasteiger partial charge >= 0.3 is 0 Å². The number of hydrogen-bond acceptors (Lipinski definition) is 2. The SMILES string of the molecule is O=C(c1cn(CCCCC2CC2)c2ccccc12)N1CCOCC1. The zero-order chi connectivity index (χ0) is 16.4. The van der Waals surface area contributed by atoms with Crippen molar-refractivity contribution in [2.24, 2.45) is 5.92 Å². The van der Waals surface area contributed by atoms with Gasteiger partial charge in [0.15, 0.2) is 0 Å². The highest BCUT2D eigenvalue weighted by Crippen LogP contribution is 2.34. The van der Waals surface area contributed by atoms with Gasteiger partial charge in [-0.25, -0.2) is 0 Å². The number of nitrogens with zero attached hydrogens (tertiary/aromatic N) is 2. The molecule has 1 saturated carbocycles. The standard InChI is InChI=1S/C20H26N2O2/c23-20(21-11-13-24-14-12-21)18-15-22(10-4-3-5-16-8-9-16)19-7-2-1-6-17(18)19/h1-2,6-7,15-16H,3-5,8-14H2. The van der Waals surface area contributed by atoms with E-state index in [1.54, 1.807) is 0 Å². The van der Waals surface area contributed by atoms with Crippen LogP contribution in [0.1, 0.15) is 42.5 Å². The van der Waals surface area contributed by atoms with Gasteiger partial charge in [-0.2, -0.15) is 0 Å². The van der Waals surface area contributed by atoms with Gasteiger partial charge in [-0.15, -0.1) is 0 Å². The van der Waals surface area contributed by atoms with Crippen molar-refractivity contribution in [3.8, 4) is 0 Å². The maximum absolute atomic E-state index is 12.9. The van der Waals surface area contributed by atoms with E-state index in [4.69, 9.17) is 4.74 Å². The Bertz CT molecular complexity index is 711. The van der Waals surface area contributed by atoms with Crippen LogP contribution in [0.2, 0.25) is 0 Å². The summed E-state index contributed by atoms with van der Waals surface area (Å²) in [5.74, 6) is 1.15. The Labute approximate surface area is 143 Å². The fourth-order valence-electron chi connectivity index (χ4n) is 3.66. The Morgan fingerprint density at radius 2 is 1.92 bits per heavy atom. The van der Waals surface area contributed by atoms with E-state index in [9.17, 15) is 4.79 Å². The summed E-state index contributed by atoms with van der Waals surface area (Å²) in [7, 11) is 0. The molecule has 1 aliphatic carbocycles. The molecule has 4 heteroatoms. The number of benzene rings is 1. The van der Waals surface area contributed by atoms with Crippen molar-refractivity contribution in [1.82, 2.24) is 9.47 Å². The summed E-state index contributed by atoms with van der Waals surface area (Å²) in [5.41, 5.74) is 2.02. The number of rotatable bonds is 6. The molecular formula is C20H26N2O2. The molecule has 0 atom stereocenters.